The molecule has 2 aliphatic rings. The lowest BCUT2D eigenvalue weighted by atomic mass is 10.2. The number of carbonyl (C=O) groups excluding carboxylic acids is 1. The van der Waals surface area contributed by atoms with Crippen molar-refractivity contribution in [3.63, 3.8) is 0 Å². The second kappa shape index (κ2) is 6.76. The molecule has 2 saturated heterocycles. The lowest BCUT2D eigenvalue weighted by Crippen LogP contribution is -2.38. The molecule has 9 heteroatoms. The van der Waals surface area contributed by atoms with Crippen molar-refractivity contribution in [2.75, 3.05) is 16.4 Å². The molecule has 5 nitrogen and oxygen atoms in total. The van der Waals surface area contributed by atoms with Gasteiger partial charge in [0.2, 0.25) is 5.91 Å². The summed E-state index contributed by atoms with van der Waals surface area (Å²) in [6.07, 6.45) is 0.989. The second-order valence-corrected chi connectivity index (χ2v) is 10.1. The molecule has 0 aromatic heterocycles. The van der Waals surface area contributed by atoms with Gasteiger partial charge in [0.1, 0.15) is 5.82 Å². The molecule has 0 radical (unpaired) electrons. The highest BCUT2D eigenvalue weighted by molar-refractivity contribution is 9.10. The molecule has 1 amide bonds. The Bertz CT molecular complexity index is 813. The minimum absolute atomic E-state index is 0.0258. The molecule has 2 fully saturated rings. The molecule has 0 aliphatic carbocycles. The SMILES string of the molecule is CCCC(=O)N=C1S[C@@H]2CS(=O)(=O)C[C@H]2N1c1ccc(Br)cc1F. The molecule has 130 valence electrons. The Balaban J connectivity index is 2.03. The van der Waals surface area contributed by atoms with E-state index in [2.05, 4.69) is 20.9 Å². The van der Waals surface area contributed by atoms with Crippen molar-refractivity contribution in [1.82, 2.24) is 0 Å². The standard InChI is InChI=1S/C15H16BrFN2O3S2/c1-2-3-14(20)18-15-19(11-5-4-9(16)6-10(11)17)12-7-24(21,22)8-13(12)23-15/h4-6,12-13H,2-3,7-8H2,1H3/t12-,13-/m1/s1. The maximum Gasteiger partial charge on any atom is 0.248 e. The number of fused-ring (bicyclic) bond motifs is 1. The van der Waals surface area contributed by atoms with E-state index in [1.807, 2.05) is 6.92 Å². The Labute approximate surface area is 152 Å². The second-order valence-electron chi connectivity index (χ2n) is 5.80. The van der Waals surface area contributed by atoms with Crippen LogP contribution in [0, 0.1) is 5.82 Å². The topological polar surface area (TPSA) is 66.8 Å². The van der Waals surface area contributed by atoms with Crippen LogP contribution >= 0.6 is 27.7 Å². The minimum atomic E-state index is -3.16. The number of sulfone groups is 1. The van der Waals surface area contributed by atoms with Gasteiger partial charge in [0.25, 0.3) is 0 Å². The Morgan fingerprint density at radius 3 is 2.88 bits per heavy atom. The van der Waals surface area contributed by atoms with Gasteiger partial charge in [-0.3, -0.25) is 4.79 Å². The van der Waals surface area contributed by atoms with E-state index in [1.165, 1.54) is 17.8 Å². The van der Waals surface area contributed by atoms with Gasteiger partial charge in [0.15, 0.2) is 15.0 Å². The highest BCUT2D eigenvalue weighted by atomic mass is 79.9. The van der Waals surface area contributed by atoms with E-state index < -0.39 is 21.7 Å². The fourth-order valence-electron chi connectivity index (χ4n) is 2.90. The largest absolute Gasteiger partial charge is 0.313 e. The van der Waals surface area contributed by atoms with Crippen LogP contribution in [0.1, 0.15) is 19.8 Å². The number of amides is 1. The lowest BCUT2D eigenvalue weighted by molar-refractivity contribution is -0.117. The number of benzene rings is 1. The number of rotatable bonds is 3. The van der Waals surface area contributed by atoms with Gasteiger partial charge in [-0.15, -0.1) is 0 Å². The van der Waals surface area contributed by atoms with Crippen molar-refractivity contribution in [2.45, 2.75) is 31.1 Å². The zero-order chi connectivity index (χ0) is 17.5. The summed E-state index contributed by atoms with van der Waals surface area (Å²) in [5.74, 6) is -0.782. The first kappa shape index (κ1) is 17.9. The number of nitrogens with zero attached hydrogens (tertiary/aromatic N) is 2. The van der Waals surface area contributed by atoms with E-state index in [-0.39, 0.29) is 28.4 Å². The molecule has 0 N–H and O–H groups in total. The minimum Gasteiger partial charge on any atom is -0.313 e. The molecule has 0 bridgehead atoms. The summed E-state index contributed by atoms with van der Waals surface area (Å²) in [6, 6.07) is 4.18. The molecule has 0 saturated carbocycles. The van der Waals surface area contributed by atoms with Gasteiger partial charge in [0, 0.05) is 16.1 Å². The van der Waals surface area contributed by atoms with Gasteiger partial charge < -0.3 is 4.90 Å². The third kappa shape index (κ3) is 3.52. The molecule has 2 atom stereocenters. The monoisotopic (exact) mass is 434 g/mol. The van der Waals surface area contributed by atoms with E-state index in [1.54, 1.807) is 17.0 Å². The van der Waals surface area contributed by atoms with E-state index in [9.17, 15) is 17.6 Å². The van der Waals surface area contributed by atoms with Crippen LogP contribution in [0.5, 0.6) is 0 Å². The fourth-order valence-corrected chi connectivity index (χ4v) is 7.16. The first-order valence-corrected chi connectivity index (χ1v) is 11.0. The molecule has 0 spiro atoms. The van der Waals surface area contributed by atoms with Gasteiger partial charge in [0.05, 0.1) is 23.2 Å². The van der Waals surface area contributed by atoms with Gasteiger partial charge in [-0.25, -0.2) is 12.8 Å². The molecular formula is C15H16BrFN2O3S2. The summed E-state index contributed by atoms with van der Waals surface area (Å²) in [7, 11) is -3.16. The molecule has 2 heterocycles. The molecule has 0 unspecified atom stereocenters. The van der Waals surface area contributed by atoms with Gasteiger partial charge >= 0.3 is 0 Å². The number of anilines is 1. The van der Waals surface area contributed by atoms with Crippen LogP contribution in [0.3, 0.4) is 0 Å². The Kier molecular flexibility index (Phi) is 5.04. The molecule has 2 aliphatic heterocycles. The number of hydrogen-bond donors (Lipinski definition) is 0. The Morgan fingerprint density at radius 2 is 2.21 bits per heavy atom. The number of amidine groups is 1. The average molecular weight is 435 g/mol. The number of carbonyl (C=O) groups is 1. The highest BCUT2D eigenvalue weighted by Crippen LogP contribution is 2.42. The molecule has 1 aromatic rings. The van der Waals surface area contributed by atoms with E-state index in [0.29, 0.717) is 22.5 Å². The number of aliphatic imine (C=N–C) groups is 1. The summed E-state index contributed by atoms with van der Waals surface area (Å²) >= 11 is 4.46. The van der Waals surface area contributed by atoms with Crippen LogP contribution in [0.25, 0.3) is 0 Å². The molecule has 24 heavy (non-hydrogen) atoms. The van der Waals surface area contributed by atoms with Crippen molar-refractivity contribution < 1.29 is 17.6 Å². The van der Waals surface area contributed by atoms with Gasteiger partial charge in [-0.05, 0) is 24.6 Å². The molecule has 3 rings (SSSR count). The van der Waals surface area contributed by atoms with E-state index in [4.69, 9.17) is 0 Å². The van der Waals surface area contributed by atoms with Crippen LogP contribution in [-0.2, 0) is 14.6 Å². The van der Waals surface area contributed by atoms with Gasteiger partial charge in [-0.1, -0.05) is 34.6 Å². The van der Waals surface area contributed by atoms with Crippen LogP contribution in [0.15, 0.2) is 27.7 Å². The van der Waals surface area contributed by atoms with Crippen molar-refractivity contribution in [3.05, 3.63) is 28.5 Å². The van der Waals surface area contributed by atoms with E-state index in [0.717, 1.165) is 0 Å². The third-order valence-electron chi connectivity index (χ3n) is 3.92. The van der Waals surface area contributed by atoms with Crippen LogP contribution in [0.4, 0.5) is 10.1 Å². The van der Waals surface area contributed by atoms with Crippen molar-refractivity contribution >= 4 is 54.3 Å². The smallest absolute Gasteiger partial charge is 0.248 e. The van der Waals surface area contributed by atoms with E-state index >= 15 is 0 Å². The van der Waals surface area contributed by atoms with Crippen molar-refractivity contribution in [3.8, 4) is 0 Å². The maximum absolute atomic E-state index is 14.4. The predicted octanol–water partition coefficient (Wildman–Crippen LogP) is 2.99. The first-order valence-electron chi connectivity index (χ1n) is 7.53. The quantitative estimate of drug-likeness (QED) is 0.731. The van der Waals surface area contributed by atoms with Gasteiger partial charge in [-0.2, -0.15) is 4.99 Å². The average Bonchev–Trinajstić information content (AvgIpc) is 2.91. The normalized spacial score (nSPS) is 26.8. The Morgan fingerprint density at radius 1 is 1.46 bits per heavy atom. The summed E-state index contributed by atoms with van der Waals surface area (Å²) < 4.78 is 38.9. The first-order chi connectivity index (χ1) is 11.3. The van der Waals surface area contributed by atoms with Crippen molar-refractivity contribution in [1.29, 1.82) is 0 Å². The number of hydrogen-bond acceptors (Lipinski definition) is 4. The van der Waals surface area contributed by atoms with Crippen LogP contribution < -0.4 is 4.90 Å². The number of halogens is 2. The van der Waals surface area contributed by atoms with Crippen LogP contribution in [0.2, 0.25) is 0 Å². The number of thioether (sulfide) groups is 1. The zero-order valence-electron chi connectivity index (χ0n) is 12.9. The van der Waals surface area contributed by atoms with Crippen LogP contribution in [-0.4, -0.2) is 42.3 Å². The molecule has 1 aromatic carbocycles. The lowest BCUT2D eigenvalue weighted by Gasteiger charge is -2.25. The maximum atomic E-state index is 14.4. The van der Waals surface area contributed by atoms with Crippen molar-refractivity contribution in [2.24, 2.45) is 4.99 Å². The predicted molar refractivity (Wildman–Crippen MR) is 97.7 cm³/mol. The highest BCUT2D eigenvalue weighted by Gasteiger charge is 2.49. The summed E-state index contributed by atoms with van der Waals surface area (Å²) in [6.45, 7) is 1.88. The zero-order valence-corrected chi connectivity index (χ0v) is 16.1. The fraction of sp³-hybridized carbons (Fsp3) is 0.467. The summed E-state index contributed by atoms with van der Waals surface area (Å²) in [4.78, 5) is 17.6. The third-order valence-corrected chi connectivity index (χ3v) is 7.62. The summed E-state index contributed by atoms with van der Waals surface area (Å²) in [5, 5.41) is 0.158. The Hall–Kier alpha value is -0.930. The summed E-state index contributed by atoms with van der Waals surface area (Å²) in [5.41, 5.74) is 0.248. The molecular weight excluding hydrogens is 419 g/mol.